The number of hydrogen-bond donors (Lipinski definition) is 1. The molecule has 0 radical (unpaired) electrons. The predicted molar refractivity (Wildman–Crippen MR) is 79.4 cm³/mol. The largest absolute Gasteiger partial charge is 0.353 e. The summed E-state index contributed by atoms with van der Waals surface area (Å²) in [5.41, 5.74) is 1.08. The average molecular weight is 290 g/mol. The van der Waals surface area contributed by atoms with Crippen LogP contribution in [0.4, 0.5) is 0 Å². The summed E-state index contributed by atoms with van der Waals surface area (Å²) in [7, 11) is 1.90. The summed E-state index contributed by atoms with van der Waals surface area (Å²) in [6, 6.07) is 3.87. The zero-order valence-electron chi connectivity index (χ0n) is 12.4. The first kappa shape index (κ1) is 15.4. The Labute approximate surface area is 125 Å². The van der Waals surface area contributed by atoms with E-state index < -0.39 is 0 Å². The number of likely N-dealkylation sites (tertiary alicyclic amines) is 1. The third-order valence-electron chi connectivity index (χ3n) is 3.46. The fraction of sp³-hybridized carbons (Fsp3) is 0.533. The average Bonchev–Trinajstić information content (AvgIpc) is 2.85. The molecule has 2 rings (SSSR count). The van der Waals surface area contributed by atoms with E-state index in [0.717, 1.165) is 18.5 Å². The highest BCUT2D eigenvalue weighted by molar-refractivity contribution is 5.79. The Bertz CT molecular complexity index is 478. The van der Waals surface area contributed by atoms with Gasteiger partial charge in [-0.3, -0.25) is 19.5 Å². The second-order valence-corrected chi connectivity index (χ2v) is 5.37. The van der Waals surface area contributed by atoms with Gasteiger partial charge in [-0.25, -0.2) is 0 Å². The molecule has 21 heavy (non-hydrogen) atoms. The highest BCUT2D eigenvalue weighted by Gasteiger charge is 2.19. The van der Waals surface area contributed by atoms with Crippen molar-refractivity contribution >= 4 is 11.8 Å². The van der Waals surface area contributed by atoms with Crippen LogP contribution in [-0.4, -0.2) is 59.8 Å². The van der Waals surface area contributed by atoms with Crippen molar-refractivity contribution in [3.63, 3.8) is 0 Å². The summed E-state index contributed by atoms with van der Waals surface area (Å²) in [5.74, 6) is 0.172. The van der Waals surface area contributed by atoms with Gasteiger partial charge in [0.05, 0.1) is 6.54 Å². The predicted octanol–water partition coefficient (Wildman–Crippen LogP) is 0.252. The van der Waals surface area contributed by atoms with Crippen LogP contribution >= 0.6 is 0 Å². The smallest absolute Gasteiger partial charge is 0.234 e. The second-order valence-electron chi connectivity index (χ2n) is 5.37. The van der Waals surface area contributed by atoms with Gasteiger partial charge in [-0.15, -0.1) is 0 Å². The van der Waals surface area contributed by atoms with Gasteiger partial charge >= 0.3 is 0 Å². The lowest BCUT2D eigenvalue weighted by Gasteiger charge is -2.18. The van der Waals surface area contributed by atoms with Gasteiger partial charge in [0.1, 0.15) is 0 Å². The van der Waals surface area contributed by atoms with E-state index in [1.807, 2.05) is 24.1 Å². The van der Waals surface area contributed by atoms with Gasteiger partial charge in [0.2, 0.25) is 11.8 Å². The molecule has 6 heteroatoms. The number of likely N-dealkylation sites (N-methyl/N-ethyl adjacent to an activating group) is 1. The van der Waals surface area contributed by atoms with Crippen LogP contribution in [0.15, 0.2) is 24.5 Å². The first-order valence-corrected chi connectivity index (χ1v) is 7.27. The number of carbonyl (C=O) groups excluding carboxylic acids is 2. The SMILES string of the molecule is CN(CC(=O)NCCN1CCCC1=O)Cc1cccnc1. The van der Waals surface area contributed by atoms with Crippen LogP contribution in [0.5, 0.6) is 0 Å². The fourth-order valence-corrected chi connectivity index (χ4v) is 2.43. The molecule has 1 fully saturated rings. The van der Waals surface area contributed by atoms with Crippen molar-refractivity contribution in [2.24, 2.45) is 0 Å². The van der Waals surface area contributed by atoms with Gasteiger partial charge in [-0.1, -0.05) is 6.07 Å². The summed E-state index contributed by atoms with van der Waals surface area (Å²) in [5, 5.41) is 2.86. The lowest BCUT2D eigenvalue weighted by molar-refractivity contribution is -0.128. The van der Waals surface area contributed by atoms with Gasteiger partial charge in [-0.2, -0.15) is 0 Å². The van der Waals surface area contributed by atoms with Crippen molar-refractivity contribution in [2.45, 2.75) is 19.4 Å². The van der Waals surface area contributed by atoms with Gasteiger partial charge in [0, 0.05) is 45.0 Å². The Kier molecular flexibility index (Phi) is 5.68. The quantitative estimate of drug-likeness (QED) is 0.782. The molecule has 1 saturated heterocycles. The number of aromatic nitrogens is 1. The molecule has 0 spiro atoms. The first-order valence-electron chi connectivity index (χ1n) is 7.27. The minimum absolute atomic E-state index is 0.0203. The topological polar surface area (TPSA) is 65.5 Å². The molecule has 2 amide bonds. The van der Waals surface area contributed by atoms with E-state index in [1.165, 1.54) is 0 Å². The molecule has 114 valence electrons. The Balaban J connectivity index is 1.63. The van der Waals surface area contributed by atoms with Crippen molar-refractivity contribution in [3.05, 3.63) is 30.1 Å². The van der Waals surface area contributed by atoms with Crippen molar-refractivity contribution in [2.75, 3.05) is 33.2 Å². The van der Waals surface area contributed by atoms with Crippen LogP contribution in [0, 0.1) is 0 Å². The maximum Gasteiger partial charge on any atom is 0.234 e. The maximum atomic E-state index is 11.8. The monoisotopic (exact) mass is 290 g/mol. The molecular weight excluding hydrogens is 268 g/mol. The minimum atomic E-state index is -0.0203. The first-order chi connectivity index (χ1) is 10.1. The van der Waals surface area contributed by atoms with E-state index in [2.05, 4.69) is 10.3 Å². The summed E-state index contributed by atoms with van der Waals surface area (Å²) >= 11 is 0. The van der Waals surface area contributed by atoms with Crippen LogP contribution < -0.4 is 5.32 Å². The van der Waals surface area contributed by atoms with E-state index in [9.17, 15) is 9.59 Å². The molecule has 0 aliphatic carbocycles. The number of hydrogen-bond acceptors (Lipinski definition) is 4. The van der Waals surface area contributed by atoms with Crippen LogP contribution in [0.2, 0.25) is 0 Å². The number of rotatable bonds is 7. The third kappa shape index (κ3) is 5.15. The molecule has 0 bridgehead atoms. The van der Waals surface area contributed by atoms with Crippen molar-refractivity contribution < 1.29 is 9.59 Å². The molecule has 1 aliphatic heterocycles. The highest BCUT2D eigenvalue weighted by Crippen LogP contribution is 2.07. The summed E-state index contributed by atoms with van der Waals surface area (Å²) in [4.78, 5) is 31.1. The molecule has 0 unspecified atom stereocenters. The Morgan fingerprint density at radius 3 is 3.05 bits per heavy atom. The molecule has 1 aromatic heterocycles. The van der Waals surface area contributed by atoms with Crippen LogP contribution in [0.3, 0.4) is 0 Å². The lowest BCUT2D eigenvalue weighted by atomic mass is 10.3. The van der Waals surface area contributed by atoms with Gasteiger partial charge in [0.15, 0.2) is 0 Å². The number of nitrogens with one attached hydrogen (secondary N) is 1. The molecule has 6 nitrogen and oxygen atoms in total. The van der Waals surface area contributed by atoms with Gasteiger partial charge in [0.25, 0.3) is 0 Å². The second kappa shape index (κ2) is 7.73. The standard InChI is InChI=1S/C15H22N4O2/c1-18(11-13-4-2-6-16-10-13)12-14(20)17-7-9-19-8-3-5-15(19)21/h2,4,6,10H,3,5,7-9,11-12H2,1H3,(H,17,20). The number of nitrogens with zero attached hydrogens (tertiary/aromatic N) is 3. The highest BCUT2D eigenvalue weighted by atomic mass is 16.2. The molecule has 1 aliphatic rings. The lowest BCUT2D eigenvalue weighted by Crippen LogP contribution is -2.39. The summed E-state index contributed by atoms with van der Waals surface area (Å²) in [6.07, 6.45) is 5.10. The molecule has 0 saturated carbocycles. The summed E-state index contributed by atoms with van der Waals surface area (Å²) in [6.45, 7) is 2.96. The minimum Gasteiger partial charge on any atom is -0.353 e. The number of pyridine rings is 1. The molecule has 1 aromatic rings. The Hall–Kier alpha value is -1.95. The van der Waals surface area contributed by atoms with E-state index in [0.29, 0.717) is 32.6 Å². The number of carbonyl (C=O) groups is 2. The zero-order chi connectivity index (χ0) is 15.1. The zero-order valence-corrected chi connectivity index (χ0v) is 12.4. The van der Waals surface area contributed by atoms with Gasteiger partial charge < -0.3 is 10.2 Å². The van der Waals surface area contributed by atoms with E-state index >= 15 is 0 Å². The molecule has 0 aromatic carbocycles. The van der Waals surface area contributed by atoms with Crippen molar-refractivity contribution in [3.8, 4) is 0 Å². The van der Waals surface area contributed by atoms with E-state index in [4.69, 9.17) is 0 Å². The molecular formula is C15H22N4O2. The molecule has 1 N–H and O–H groups in total. The van der Waals surface area contributed by atoms with Crippen LogP contribution in [-0.2, 0) is 16.1 Å². The third-order valence-corrected chi connectivity index (χ3v) is 3.46. The van der Waals surface area contributed by atoms with Crippen molar-refractivity contribution in [1.82, 2.24) is 20.1 Å². The normalized spacial score (nSPS) is 14.8. The maximum absolute atomic E-state index is 11.8. The van der Waals surface area contributed by atoms with E-state index in [-0.39, 0.29) is 11.8 Å². The van der Waals surface area contributed by atoms with Gasteiger partial charge in [-0.05, 0) is 25.1 Å². The molecule has 2 heterocycles. The fourth-order valence-electron chi connectivity index (χ4n) is 2.43. The van der Waals surface area contributed by atoms with Crippen LogP contribution in [0.25, 0.3) is 0 Å². The summed E-state index contributed by atoms with van der Waals surface area (Å²) < 4.78 is 0. The Morgan fingerprint density at radius 2 is 2.38 bits per heavy atom. The van der Waals surface area contributed by atoms with E-state index in [1.54, 1.807) is 17.3 Å². The van der Waals surface area contributed by atoms with Crippen molar-refractivity contribution in [1.29, 1.82) is 0 Å². The molecule has 0 atom stereocenters. The number of amides is 2. The van der Waals surface area contributed by atoms with Crippen LogP contribution in [0.1, 0.15) is 18.4 Å². The Morgan fingerprint density at radius 1 is 1.52 bits per heavy atom.